The van der Waals surface area contributed by atoms with Gasteiger partial charge in [0.25, 0.3) is 0 Å². The first kappa shape index (κ1) is 24.1. The molecule has 6 heteroatoms. The second kappa shape index (κ2) is 10.2. The molecule has 0 aliphatic rings. The number of hydrogen-bond acceptors (Lipinski definition) is 4. The fourth-order valence-corrected chi connectivity index (χ4v) is 5.92. The molecule has 0 aromatic heterocycles. The second-order valence-corrected chi connectivity index (χ2v) is 19.3. The third kappa shape index (κ3) is 7.25. The molecule has 30 heavy (non-hydrogen) atoms. The minimum Gasteiger partial charge on any atom is -0.295 e. The van der Waals surface area contributed by atoms with Crippen molar-refractivity contribution in [1.82, 2.24) is 0 Å². The summed E-state index contributed by atoms with van der Waals surface area (Å²) in [6.07, 6.45) is 1.83. The summed E-state index contributed by atoms with van der Waals surface area (Å²) in [6.45, 7) is 18.2. The number of nitrogens with zero attached hydrogens (tertiary/aromatic N) is 4. The molecule has 0 amide bonds. The lowest BCUT2D eigenvalue weighted by atomic mass is 10.2. The molecule has 2 rings (SSSR count). The van der Waals surface area contributed by atoms with Gasteiger partial charge < -0.3 is 0 Å². The van der Waals surface area contributed by atoms with Crippen LogP contribution in [0.4, 0.5) is 11.4 Å². The molecule has 162 valence electrons. The van der Waals surface area contributed by atoms with Gasteiger partial charge in [0.1, 0.15) is 0 Å². The SMILES string of the molecule is C/C(CC/C(C)=N/N(c1ccccc1)[Si](C)(C)C)=N\N(c1ccccc1)[Si](C)(C)C. The molecule has 0 bridgehead atoms. The van der Waals surface area contributed by atoms with Gasteiger partial charge in [-0.15, -0.1) is 0 Å². The van der Waals surface area contributed by atoms with Gasteiger partial charge in [0.2, 0.25) is 0 Å². The fourth-order valence-electron chi connectivity index (χ4n) is 3.13. The van der Waals surface area contributed by atoms with Crippen LogP contribution in [-0.2, 0) is 0 Å². The highest BCUT2D eigenvalue weighted by Crippen LogP contribution is 2.23. The maximum Gasteiger partial charge on any atom is 0.176 e. The summed E-state index contributed by atoms with van der Waals surface area (Å²) in [5, 5.41) is 10.1. The van der Waals surface area contributed by atoms with Gasteiger partial charge >= 0.3 is 0 Å². The summed E-state index contributed by atoms with van der Waals surface area (Å²) >= 11 is 0. The monoisotopic (exact) mass is 438 g/mol. The van der Waals surface area contributed by atoms with E-state index in [0.29, 0.717) is 0 Å². The molecule has 0 fully saturated rings. The van der Waals surface area contributed by atoms with E-state index < -0.39 is 16.5 Å². The van der Waals surface area contributed by atoms with Gasteiger partial charge in [0.05, 0.1) is 0 Å². The van der Waals surface area contributed by atoms with E-state index in [9.17, 15) is 0 Å². The molecule has 0 radical (unpaired) electrons. The number of benzene rings is 2. The topological polar surface area (TPSA) is 31.2 Å². The molecule has 0 saturated carbocycles. The molecule has 0 N–H and O–H groups in total. The van der Waals surface area contributed by atoms with Crippen molar-refractivity contribution in [2.75, 3.05) is 9.35 Å². The van der Waals surface area contributed by atoms with Crippen molar-refractivity contribution in [1.29, 1.82) is 0 Å². The van der Waals surface area contributed by atoms with Crippen LogP contribution < -0.4 is 9.35 Å². The first-order valence-electron chi connectivity index (χ1n) is 10.8. The normalized spacial score (nSPS) is 13.3. The van der Waals surface area contributed by atoms with Crippen LogP contribution in [0.2, 0.25) is 39.3 Å². The van der Waals surface area contributed by atoms with Crippen LogP contribution in [-0.4, -0.2) is 27.9 Å². The van der Waals surface area contributed by atoms with Gasteiger partial charge in [-0.05, 0) is 90.2 Å². The minimum absolute atomic E-state index is 0.914. The number of hydrazone groups is 2. The average Bonchev–Trinajstić information content (AvgIpc) is 2.68. The summed E-state index contributed by atoms with van der Waals surface area (Å²) in [4.78, 5) is 0. The Bertz CT molecular complexity index is 777. The van der Waals surface area contributed by atoms with Crippen molar-refractivity contribution < 1.29 is 0 Å². The highest BCUT2D eigenvalue weighted by Gasteiger charge is 2.25. The molecule has 4 nitrogen and oxygen atoms in total. The van der Waals surface area contributed by atoms with Crippen LogP contribution in [0.1, 0.15) is 26.7 Å². The van der Waals surface area contributed by atoms with Crippen molar-refractivity contribution in [2.45, 2.75) is 66.0 Å². The minimum atomic E-state index is -1.63. The van der Waals surface area contributed by atoms with Crippen LogP contribution in [0.25, 0.3) is 0 Å². The Kier molecular flexibility index (Phi) is 8.20. The lowest BCUT2D eigenvalue weighted by Gasteiger charge is -2.32. The predicted octanol–water partition coefficient (Wildman–Crippen LogP) is 7.20. The quantitative estimate of drug-likeness (QED) is 0.235. The van der Waals surface area contributed by atoms with Crippen molar-refractivity contribution in [3.8, 4) is 0 Å². The first-order valence-corrected chi connectivity index (χ1v) is 17.7. The Labute approximate surface area is 185 Å². The van der Waals surface area contributed by atoms with E-state index in [0.717, 1.165) is 24.3 Å². The van der Waals surface area contributed by atoms with E-state index in [1.165, 1.54) is 11.4 Å². The van der Waals surface area contributed by atoms with Crippen molar-refractivity contribution in [3.63, 3.8) is 0 Å². The summed E-state index contributed by atoms with van der Waals surface area (Å²) in [5.74, 6) is 0. The molecule has 0 aliphatic carbocycles. The van der Waals surface area contributed by atoms with E-state index in [1.807, 2.05) is 0 Å². The van der Waals surface area contributed by atoms with Gasteiger partial charge in [-0.3, -0.25) is 9.35 Å². The molecule has 0 heterocycles. The maximum atomic E-state index is 5.03. The average molecular weight is 439 g/mol. The number of hydrogen-bond donors (Lipinski definition) is 0. The van der Waals surface area contributed by atoms with Crippen molar-refractivity contribution in [3.05, 3.63) is 60.7 Å². The van der Waals surface area contributed by atoms with Crippen LogP contribution in [0.5, 0.6) is 0 Å². The second-order valence-electron chi connectivity index (χ2n) is 9.81. The standard InChI is InChI=1S/C24H38N4Si2/c1-21(25-27(29(3,4)5)23-15-11-9-12-16-23)19-20-22(2)26-28(30(6,7)8)24-17-13-10-14-18-24/h9-18H,19-20H2,1-8H3/b25-21+,26-22+. The van der Waals surface area contributed by atoms with E-state index in [1.54, 1.807) is 0 Å². The highest BCUT2D eigenvalue weighted by molar-refractivity contribution is 6.80. The Morgan fingerprint density at radius 3 is 1.17 bits per heavy atom. The van der Waals surface area contributed by atoms with Crippen LogP contribution >= 0.6 is 0 Å². The number of anilines is 2. The van der Waals surface area contributed by atoms with Crippen LogP contribution in [0.3, 0.4) is 0 Å². The fraction of sp³-hybridized carbons (Fsp3) is 0.417. The Morgan fingerprint density at radius 2 is 0.900 bits per heavy atom. The smallest absolute Gasteiger partial charge is 0.176 e. The van der Waals surface area contributed by atoms with Gasteiger partial charge in [-0.2, -0.15) is 10.2 Å². The van der Waals surface area contributed by atoms with E-state index in [-0.39, 0.29) is 0 Å². The van der Waals surface area contributed by atoms with Crippen molar-refractivity contribution >= 4 is 39.3 Å². The third-order valence-corrected chi connectivity index (χ3v) is 7.92. The number of para-hydroxylation sites is 2. The molecule has 0 aliphatic heterocycles. The third-order valence-electron chi connectivity index (χ3n) is 4.66. The van der Waals surface area contributed by atoms with Gasteiger partial charge in [-0.1, -0.05) is 36.4 Å². The zero-order chi connectivity index (χ0) is 22.4. The molecule has 0 saturated heterocycles. The van der Waals surface area contributed by atoms with Crippen LogP contribution in [0.15, 0.2) is 70.9 Å². The molecule has 0 atom stereocenters. The molecule has 2 aromatic carbocycles. The predicted molar refractivity (Wildman–Crippen MR) is 140 cm³/mol. The molecule has 0 spiro atoms. The van der Waals surface area contributed by atoms with E-state index in [2.05, 4.69) is 123 Å². The highest BCUT2D eigenvalue weighted by atomic mass is 28.3. The molecule has 2 aromatic rings. The van der Waals surface area contributed by atoms with Crippen LogP contribution in [0, 0.1) is 0 Å². The zero-order valence-electron chi connectivity index (χ0n) is 20.0. The Morgan fingerprint density at radius 1 is 0.600 bits per heavy atom. The first-order chi connectivity index (χ1) is 14.0. The molecular formula is C24H38N4Si2. The summed E-state index contributed by atoms with van der Waals surface area (Å²) in [5.41, 5.74) is 4.65. The van der Waals surface area contributed by atoms with Gasteiger partial charge in [0.15, 0.2) is 16.5 Å². The summed E-state index contributed by atoms with van der Waals surface area (Å²) in [7, 11) is -3.26. The summed E-state index contributed by atoms with van der Waals surface area (Å²) in [6, 6.07) is 21.0. The van der Waals surface area contributed by atoms with Gasteiger partial charge in [-0.25, -0.2) is 0 Å². The van der Waals surface area contributed by atoms with E-state index in [4.69, 9.17) is 10.2 Å². The molecule has 0 unspecified atom stereocenters. The number of rotatable bonds is 9. The van der Waals surface area contributed by atoms with Crippen molar-refractivity contribution in [2.24, 2.45) is 10.2 Å². The lowest BCUT2D eigenvalue weighted by molar-refractivity contribution is 1.03. The Hall–Kier alpha value is -2.19. The summed E-state index contributed by atoms with van der Waals surface area (Å²) < 4.78 is 4.51. The zero-order valence-corrected chi connectivity index (χ0v) is 22.0. The maximum absolute atomic E-state index is 5.03. The Balaban J connectivity index is 2.15. The largest absolute Gasteiger partial charge is 0.295 e. The van der Waals surface area contributed by atoms with E-state index >= 15 is 0 Å². The molecular weight excluding hydrogens is 400 g/mol. The lowest BCUT2D eigenvalue weighted by Crippen LogP contribution is -2.43. The van der Waals surface area contributed by atoms with Gasteiger partial charge in [0, 0.05) is 22.8 Å².